The zero-order valence-electron chi connectivity index (χ0n) is 14.6. The Balaban J connectivity index is 1.56. The first-order valence-corrected chi connectivity index (χ1v) is 9.41. The Hall–Kier alpha value is -2.31. The van der Waals surface area contributed by atoms with Crippen molar-refractivity contribution in [1.29, 1.82) is 0 Å². The molecule has 1 fully saturated rings. The molecule has 26 heavy (non-hydrogen) atoms. The van der Waals surface area contributed by atoms with Crippen LogP contribution in [0.4, 0.5) is 0 Å². The molecular formula is C20H19NO3S2. The molecule has 1 aliphatic heterocycles. The fourth-order valence-electron chi connectivity index (χ4n) is 2.44. The molecule has 0 atom stereocenters. The number of carbonyl (C=O) groups excluding carboxylic acids is 1. The second-order valence-corrected chi connectivity index (χ2v) is 7.61. The number of thioether (sulfide) groups is 1. The molecule has 0 spiro atoms. The van der Waals surface area contributed by atoms with Crippen LogP contribution in [0.5, 0.6) is 11.5 Å². The summed E-state index contributed by atoms with van der Waals surface area (Å²) in [4.78, 5) is 12.3. The first-order chi connectivity index (χ1) is 12.5. The lowest BCUT2D eigenvalue weighted by Gasteiger charge is -2.11. The van der Waals surface area contributed by atoms with Crippen LogP contribution in [0, 0.1) is 13.8 Å². The molecule has 0 aliphatic carbocycles. The van der Waals surface area contributed by atoms with E-state index in [1.807, 2.05) is 50.2 Å². The SMILES string of the molecule is Cc1ccc(C)c(OCCOc2cccc(/C=C3\SC(=S)NC3=O)c2)c1. The predicted molar refractivity (Wildman–Crippen MR) is 110 cm³/mol. The molecule has 2 aromatic carbocycles. The van der Waals surface area contributed by atoms with E-state index in [2.05, 4.69) is 11.4 Å². The molecule has 1 amide bonds. The van der Waals surface area contributed by atoms with E-state index in [0.29, 0.717) is 22.4 Å². The molecule has 1 aliphatic rings. The van der Waals surface area contributed by atoms with Gasteiger partial charge in [0.25, 0.3) is 5.91 Å². The smallest absolute Gasteiger partial charge is 0.263 e. The van der Waals surface area contributed by atoms with E-state index in [1.54, 1.807) is 6.08 Å². The van der Waals surface area contributed by atoms with Gasteiger partial charge >= 0.3 is 0 Å². The summed E-state index contributed by atoms with van der Waals surface area (Å²) in [6, 6.07) is 13.7. The zero-order valence-corrected chi connectivity index (χ0v) is 16.2. The number of carbonyl (C=O) groups is 1. The number of ether oxygens (including phenoxy) is 2. The number of amides is 1. The number of aryl methyl sites for hydroxylation is 2. The van der Waals surface area contributed by atoms with Crippen molar-refractivity contribution in [2.45, 2.75) is 13.8 Å². The summed E-state index contributed by atoms with van der Waals surface area (Å²) >= 11 is 6.26. The van der Waals surface area contributed by atoms with Crippen molar-refractivity contribution >= 4 is 40.3 Å². The Morgan fingerprint density at radius 1 is 1.12 bits per heavy atom. The van der Waals surface area contributed by atoms with Crippen LogP contribution in [0.1, 0.15) is 16.7 Å². The highest BCUT2D eigenvalue weighted by Crippen LogP contribution is 2.27. The number of rotatable bonds is 6. The van der Waals surface area contributed by atoms with Gasteiger partial charge in [0.1, 0.15) is 29.0 Å². The third-order valence-corrected chi connectivity index (χ3v) is 4.91. The number of thiocarbonyl (C=S) groups is 1. The summed E-state index contributed by atoms with van der Waals surface area (Å²) in [5, 5.41) is 2.61. The van der Waals surface area contributed by atoms with Gasteiger partial charge in [-0.05, 0) is 54.8 Å². The van der Waals surface area contributed by atoms with Crippen molar-refractivity contribution in [3.8, 4) is 11.5 Å². The lowest BCUT2D eigenvalue weighted by Crippen LogP contribution is -2.17. The van der Waals surface area contributed by atoms with E-state index in [0.717, 1.165) is 22.6 Å². The first-order valence-electron chi connectivity index (χ1n) is 8.19. The molecule has 0 saturated carbocycles. The van der Waals surface area contributed by atoms with E-state index in [-0.39, 0.29) is 5.91 Å². The van der Waals surface area contributed by atoms with Gasteiger partial charge in [0, 0.05) is 0 Å². The highest BCUT2D eigenvalue weighted by atomic mass is 32.2. The molecule has 0 unspecified atom stereocenters. The van der Waals surface area contributed by atoms with Crippen molar-refractivity contribution in [1.82, 2.24) is 5.32 Å². The monoisotopic (exact) mass is 385 g/mol. The average Bonchev–Trinajstić information content (AvgIpc) is 2.92. The van der Waals surface area contributed by atoms with Crippen molar-refractivity contribution in [2.75, 3.05) is 13.2 Å². The molecule has 1 N–H and O–H groups in total. The second kappa shape index (κ2) is 8.38. The highest BCUT2D eigenvalue weighted by molar-refractivity contribution is 8.26. The summed E-state index contributed by atoms with van der Waals surface area (Å²) in [6.07, 6.45) is 1.80. The lowest BCUT2D eigenvalue weighted by atomic mass is 10.1. The van der Waals surface area contributed by atoms with Crippen LogP contribution in [-0.2, 0) is 4.79 Å². The summed E-state index contributed by atoms with van der Waals surface area (Å²) in [6.45, 7) is 4.96. The molecule has 3 rings (SSSR count). The molecule has 2 aromatic rings. The van der Waals surface area contributed by atoms with Crippen LogP contribution in [0.15, 0.2) is 47.4 Å². The second-order valence-electron chi connectivity index (χ2n) is 5.89. The van der Waals surface area contributed by atoms with Gasteiger partial charge in [-0.15, -0.1) is 0 Å². The minimum Gasteiger partial charge on any atom is -0.490 e. The number of hydrogen-bond acceptors (Lipinski definition) is 5. The van der Waals surface area contributed by atoms with Gasteiger partial charge < -0.3 is 14.8 Å². The van der Waals surface area contributed by atoms with Crippen LogP contribution in [0.2, 0.25) is 0 Å². The molecule has 4 nitrogen and oxygen atoms in total. The van der Waals surface area contributed by atoms with Crippen molar-refractivity contribution < 1.29 is 14.3 Å². The van der Waals surface area contributed by atoms with Crippen molar-refractivity contribution in [2.24, 2.45) is 0 Å². The predicted octanol–water partition coefficient (Wildman–Crippen LogP) is 4.25. The normalized spacial score (nSPS) is 15.2. The van der Waals surface area contributed by atoms with Crippen LogP contribution in [0.3, 0.4) is 0 Å². The Morgan fingerprint density at radius 3 is 2.69 bits per heavy atom. The Morgan fingerprint density at radius 2 is 1.92 bits per heavy atom. The molecule has 1 saturated heterocycles. The molecular weight excluding hydrogens is 366 g/mol. The Kier molecular flexibility index (Phi) is 5.96. The molecule has 134 valence electrons. The van der Waals surface area contributed by atoms with E-state index >= 15 is 0 Å². The number of hydrogen-bond donors (Lipinski definition) is 1. The molecule has 1 heterocycles. The third-order valence-electron chi connectivity index (χ3n) is 3.75. The van der Waals surface area contributed by atoms with E-state index in [9.17, 15) is 4.79 Å². The van der Waals surface area contributed by atoms with Crippen LogP contribution in [0.25, 0.3) is 6.08 Å². The van der Waals surface area contributed by atoms with Gasteiger partial charge in [-0.3, -0.25) is 4.79 Å². The standard InChI is InChI=1S/C20H19NO3S2/c1-13-6-7-14(2)17(10-13)24-9-8-23-16-5-3-4-15(11-16)12-18-19(22)21-20(25)26-18/h3-7,10-12H,8-9H2,1-2H3,(H,21,22,25)/b18-12-. The minimum absolute atomic E-state index is 0.159. The summed E-state index contributed by atoms with van der Waals surface area (Å²) in [5.41, 5.74) is 3.16. The largest absolute Gasteiger partial charge is 0.490 e. The zero-order chi connectivity index (χ0) is 18.5. The molecule has 6 heteroatoms. The van der Waals surface area contributed by atoms with Crippen LogP contribution < -0.4 is 14.8 Å². The third kappa shape index (κ3) is 4.86. The van der Waals surface area contributed by atoms with Gasteiger partial charge in [-0.25, -0.2) is 0 Å². The fraction of sp³-hybridized carbons (Fsp3) is 0.200. The maximum atomic E-state index is 11.7. The van der Waals surface area contributed by atoms with Crippen LogP contribution >= 0.6 is 24.0 Å². The topological polar surface area (TPSA) is 47.6 Å². The lowest BCUT2D eigenvalue weighted by molar-refractivity contribution is -0.115. The van der Waals surface area contributed by atoms with Gasteiger partial charge in [-0.2, -0.15) is 0 Å². The number of nitrogens with one attached hydrogen (secondary N) is 1. The van der Waals surface area contributed by atoms with Gasteiger partial charge in [-0.1, -0.05) is 48.2 Å². The molecule has 0 aromatic heterocycles. The van der Waals surface area contributed by atoms with Crippen molar-refractivity contribution in [3.05, 3.63) is 64.1 Å². The maximum Gasteiger partial charge on any atom is 0.263 e. The minimum atomic E-state index is -0.159. The summed E-state index contributed by atoms with van der Waals surface area (Å²) < 4.78 is 12.0. The Bertz CT molecular complexity index is 877. The molecule has 0 radical (unpaired) electrons. The highest BCUT2D eigenvalue weighted by Gasteiger charge is 2.21. The Labute approximate surface area is 162 Å². The van der Waals surface area contributed by atoms with Crippen LogP contribution in [-0.4, -0.2) is 23.4 Å². The van der Waals surface area contributed by atoms with E-state index in [1.165, 1.54) is 17.3 Å². The summed E-state index contributed by atoms with van der Waals surface area (Å²) in [5.74, 6) is 1.45. The van der Waals surface area contributed by atoms with Gasteiger partial charge in [0.2, 0.25) is 0 Å². The van der Waals surface area contributed by atoms with Gasteiger partial charge in [0.05, 0.1) is 4.91 Å². The maximum absolute atomic E-state index is 11.7. The fourth-order valence-corrected chi connectivity index (χ4v) is 3.48. The first kappa shape index (κ1) is 18.5. The van der Waals surface area contributed by atoms with E-state index in [4.69, 9.17) is 21.7 Å². The summed E-state index contributed by atoms with van der Waals surface area (Å²) in [7, 11) is 0. The van der Waals surface area contributed by atoms with Gasteiger partial charge in [0.15, 0.2) is 0 Å². The van der Waals surface area contributed by atoms with Crippen molar-refractivity contribution in [3.63, 3.8) is 0 Å². The quantitative estimate of drug-likeness (QED) is 0.458. The number of benzene rings is 2. The van der Waals surface area contributed by atoms with E-state index < -0.39 is 0 Å². The molecule has 0 bridgehead atoms. The average molecular weight is 386 g/mol.